The first-order chi connectivity index (χ1) is 8.58. The van der Waals surface area contributed by atoms with Gasteiger partial charge in [0, 0.05) is 4.47 Å². The molecule has 0 radical (unpaired) electrons. The summed E-state index contributed by atoms with van der Waals surface area (Å²) in [5.74, 6) is 5.79. The molecule has 0 saturated heterocycles. The first-order valence-electron chi connectivity index (χ1n) is 5.25. The molecule has 2 rings (SSSR count). The van der Waals surface area contributed by atoms with Gasteiger partial charge in [-0.25, -0.2) is 9.82 Å². The van der Waals surface area contributed by atoms with Gasteiger partial charge in [-0.05, 0) is 53.9 Å². The predicted molar refractivity (Wildman–Crippen MR) is 71.6 cm³/mol. The van der Waals surface area contributed by atoms with E-state index < -0.39 is 0 Å². The highest BCUT2D eigenvalue weighted by Crippen LogP contribution is 2.24. The first kappa shape index (κ1) is 13.5. The zero-order valence-corrected chi connectivity index (χ0v) is 11.6. The second-order valence-electron chi connectivity index (χ2n) is 3.84. The molecule has 6 heteroatoms. The van der Waals surface area contributed by atoms with Crippen LogP contribution in [0.25, 0.3) is 0 Å². The summed E-state index contributed by atoms with van der Waals surface area (Å²) in [4.78, 5) is 0. The molecule has 0 aliphatic carbocycles. The minimum absolute atomic E-state index is 0.258. The van der Waals surface area contributed by atoms with Gasteiger partial charge in [0.15, 0.2) is 5.22 Å². The SMILES string of the molecule is NNC(Cc1cc(F)cc(Br)c1)c1ccc(Cl)o1. The van der Waals surface area contributed by atoms with Crippen LogP contribution < -0.4 is 11.3 Å². The summed E-state index contributed by atoms with van der Waals surface area (Å²) in [6, 6.07) is 7.81. The van der Waals surface area contributed by atoms with Crippen LogP contribution in [0.3, 0.4) is 0 Å². The van der Waals surface area contributed by atoms with Gasteiger partial charge in [-0.15, -0.1) is 0 Å². The molecule has 0 saturated carbocycles. The summed E-state index contributed by atoms with van der Waals surface area (Å²) < 4.78 is 19.2. The van der Waals surface area contributed by atoms with Gasteiger partial charge in [0.05, 0.1) is 6.04 Å². The standard InChI is InChI=1S/C12H11BrClFN2O/c13-8-3-7(4-9(15)6-8)5-10(17-16)11-1-2-12(14)18-11/h1-4,6,10,17H,5,16H2. The van der Waals surface area contributed by atoms with Gasteiger partial charge in [-0.1, -0.05) is 15.9 Å². The van der Waals surface area contributed by atoms with E-state index in [2.05, 4.69) is 21.4 Å². The van der Waals surface area contributed by atoms with E-state index in [1.807, 2.05) is 6.07 Å². The smallest absolute Gasteiger partial charge is 0.193 e. The van der Waals surface area contributed by atoms with Crippen molar-refractivity contribution in [3.63, 3.8) is 0 Å². The average Bonchev–Trinajstić information content (AvgIpc) is 2.71. The van der Waals surface area contributed by atoms with Crippen molar-refractivity contribution in [3.05, 3.63) is 57.2 Å². The van der Waals surface area contributed by atoms with Gasteiger partial charge in [0.2, 0.25) is 0 Å². The third-order valence-electron chi connectivity index (χ3n) is 2.50. The largest absolute Gasteiger partial charge is 0.448 e. The van der Waals surface area contributed by atoms with Gasteiger partial charge in [0.1, 0.15) is 11.6 Å². The summed E-state index contributed by atoms with van der Waals surface area (Å²) >= 11 is 8.96. The maximum Gasteiger partial charge on any atom is 0.193 e. The first-order valence-corrected chi connectivity index (χ1v) is 6.42. The van der Waals surface area contributed by atoms with Crippen molar-refractivity contribution in [3.8, 4) is 0 Å². The monoisotopic (exact) mass is 332 g/mol. The fraction of sp³-hybridized carbons (Fsp3) is 0.167. The maximum atomic E-state index is 13.3. The van der Waals surface area contributed by atoms with Crippen molar-refractivity contribution in [1.29, 1.82) is 0 Å². The van der Waals surface area contributed by atoms with Crippen molar-refractivity contribution in [2.24, 2.45) is 5.84 Å². The molecule has 1 unspecified atom stereocenters. The number of rotatable bonds is 4. The Balaban J connectivity index is 2.20. The van der Waals surface area contributed by atoms with Crippen molar-refractivity contribution in [2.75, 3.05) is 0 Å². The number of hydrogen-bond donors (Lipinski definition) is 2. The van der Waals surface area contributed by atoms with E-state index in [4.69, 9.17) is 21.9 Å². The third kappa shape index (κ3) is 3.32. The number of hydrogen-bond acceptors (Lipinski definition) is 3. The number of halogens is 3. The normalized spacial score (nSPS) is 12.7. The highest BCUT2D eigenvalue weighted by molar-refractivity contribution is 9.10. The van der Waals surface area contributed by atoms with Crippen molar-refractivity contribution in [1.82, 2.24) is 5.43 Å². The third-order valence-corrected chi connectivity index (χ3v) is 3.16. The molecule has 1 aromatic heterocycles. The van der Waals surface area contributed by atoms with Gasteiger partial charge < -0.3 is 4.42 Å². The van der Waals surface area contributed by atoms with Crippen molar-refractivity contribution >= 4 is 27.5 Å². The zero-order chi connectivity index (χ0) is 13.1. The summed E-state index contributed by atoms with van der Waals surface area (Å²) in [6.07, 6.45) is 0.497. The van der Waals surface area contributed by atoms with Crippen LogP contribution in [0.4, 0.5) is 4.39 Å². The van der Waals surface area contributed by atoms with Crippen LogP contribution in [-0.4, -0.2) is 0 Å². The highest BCUT2D eigenvalue weighted by Gasteiger charge is 2.15. The second kappa shape index (κ2) is 5.84. The average molecular weight is 334 g/mol. The van der Waals surface area contributed by atoms with E-state index in [9.17, 15) is 4.39 Å². The molecule has 2 aromatic rings. The van der Waals surface area contributed by atoms with E-state index in [0.717, 1.165) is 5.56 Å². The molecule has 0 amide bonds. The van der Waals surface area contributed by atoms with Crippen molar-refractivity contribution < 1.29 is 8.81 Å². The summed E-state index contributed by atoms with van der Waals surface area (Å²) in [6.45, 7) is 0. The van der Waals surface area contributed by atoms with Gasteiger partial charge >= 0.3 is 0 Å². The Bertz CT molecular complexity index is 526. The summed E-state index contributed by atoms with van der Waals surface area (Å²) in [7, 11) is 0. The predicted octanol–water partition coefficient (Wildman–Crippen LogP) is 3.58. The van der Waals surface area contributed by atoms with Crippen LogP contribution in [-0.2, 0) is 6.42 Å². The molecule has 0 aliphatic rings. The molecule has 1 aromatic carbocycles. The molecule has 0 bridgehead atoms. The molecule has 96 valence electrons. The zero-order valence-electron chi connectivity index (χ0n) is 9.29. The molecule has 0 spiro atoms. The van der Waals surface area contributed by atoms with Crippen molar-refractivity contribution in [2.45, 2.75) is 12.5 Å². The van der Waals surface area contributed by atoms with Crippen LogP contribution in [0.15, 0.2) is 39.2 Å². The van der Waals surface area contributed by atoms with Crippen LogP contribution >= 0.6 is 27.5 Å². The quantitative estimate of drug-likeness (QED) is 0.664. The van der Waals surface area contributed by atoms with E-state index in [1.54, 1.807) is 12.1 Å². The number of furan rings is 1. The minimum Gasteiger partial charge on any atom is -0.448 e. The fourth-order valence-electron chi connectivity index (χ4n) is 1.72. The second-order valence-corrected chi connectivity index (χ2v) is 5.13. The molecule has 0 fully saturated rings. The lowest BCUT2D eigenvalue weighted by atomic mass is 10.0. The van der Waals surface area contributed by atoms with E-state index in [0.29, 0.717) is 21.9 Å². The Kier molecular flexibility index (Phi) is 4.40. The lowest BCUT2D eigenvalue weighted by Gasteiger charge is -2.13. The summed E-state index contributed by atoms with van der Waals surface area (Å²) in [5, 5.41) is 0.297. The Morgan fingerprint density at radius 1 is 1.39 bits per heavy atom. The number of hydrazine groups is 1. The maximum absolute atomic E-state index is 13.3. The lowest BCUT2D eigenvalue weighted by Crippen LogP contribution is -2.29. The van der Waals surface area contributed by atoms with Crippen LogP contribution in [0.2, 0.25) is 5.22 Å². The highest BCUT2D eigenvalue weighted by atomic mass is 79.9. The fourth-order valence-corrected chi connectivity index (χ4v) is 2.39. The Hall–Kier alpha value is -0.880. The Morgan fingerprint density at radius 2 is 2.17 bits per heavy atom. The topological polar surface area (TPSA) is 51.2 Å². The van der Waals surface area contributed by atoms with Gasteiger partial charge in [0.25, 0.3) is 0 Å². The molecule has 1 atom stereocenters. The van der Waals surface area contributed by atoms with Crippen LogP contribution in [0, 0.1) is 5.82 Å². The van der Waals surface area contributed by atoms with Gasteiger partial charge in [-0.2, -0.15) is 0 Å². The Morgan fingerprint density at radius 3 is 2.72 bits per heavy atom. The Labute approximate surface area is 117 Å². The molecule has 0 aliphatic heterocycles. The number of benzene rings is 1. The minimum atomic E-state index is -0.298. The molecule has 3 nitrogen and oxygen atoms in total. The van der Waals surface area contributed by atoms with E-state index >= 15 is 0 Å². The molecule has 3 N–H and O–H groups in total. The van der Waals surface area contributed by atoms with Crippen LogP contribution in [0.5, 0.6) is 0 Å². The number of nitrogens with one attached hydrogen (secondary N) is 1. The summed E-state index contributed by atoms with van der Waals surface area (Å²) in [5.41, 5.74) is 3.43. The van der Waals surface area contributed by atoms with Crippen LogP contribution in [0.1, 0.15) is 17.4 Å². The molecule has 1 heterocycles. The van der Waals surface area contributed by atoms with E-state index in [-0.39, 0.29) is 11.9 Å². The molecular weight excluding hydrogens is 322 g/mol. The lowest BCUT2D eigenvalue weighted by molar-refractivity contribution is 0.416. The number of nitrogens with two attached hydrogens (primary N) is 1. The molecule has 18 heavy (non-hydrogen) atoms. The van der Waals surface area contributed by atoms with E-state index in [1.165, 1.54) is 12.1 Å². The molecular formula is C12H11BrClFN2O. The van der Waals surface area contributed by atoms with Gasteiger partial charge in [-0.3, -0.25) is 5.84 Å².